The summed E-state index contributed by atoms with van der Waals surface area (Å²) in [5.41, 5.74) is -5.43. The Balaban J connectivity index is 1.38. The van der Waals surface area contributed by atoms with Crippen LogP contribution in [0.25, 0.3) is 0 Å². The smallest absolute Gasteiger partial charge is 0.339 e. The zero-order chi connectivity index (χ0) is 29.8. The van der Waals surface area contributed by atoms with E-state index in [-0.39, 0.29) is 49.0 Å². The Hall–Kier alpha value is -2.67. The third-order valence-electron chi connectivity index (χ3n) is 13.7. The maximum atomic E-state index is 15.0. The van der Waals surface area contributed by atoms with E-state index >= 15 is 0 Å². The molecule has 4 saturated heterocycles. The number of ether oxygens (including phenoxy) is 4. The molecular weight excluding hydrogens is 552 g/mol. The highest BCUT2D eigenvalue weighted by molar-refractivity contribution is 5.92. The lowest BCUT2D eigenvalue weighted by atomic mass is 9.31. The van der Waals surface area contributed by atoms with Crippen molar-refractivity contribution in [3.63, 3.8) is 0 Å². The van der Waals surface area contributed by atoms with E-state index in [9.17, 15) is 19.5 Å². The number of esters is 2. The van der Waals surface area contributed by atoms with Crippen molar-refractivity contribution >= 4 is 17.7 Å². The first kappa shape index (κ1) is 26.7. The lowest BCUT2D eigenvalue weighted by Gasteiger charge is -2.71. The Kier molecular flexibility index (Phi) is 4.93. The average Bonchev–Trinajstić information content (AvgIpc) is 3.39. The molecule has 1 N–H and O–H groups in total. The molecular formula is C34H38O9. The van der Waals surface area contributed by atoms with Gasteiger partial charge in [-0.1, -0.05) is 31.6 Å². The number of aliphatic hydroxyl groups excluding tert-OH is 1. The molecule has 1 aromatic rings. The molecule has 3 spiro atoms. The number of carbonyl (C=O) groups excluding carboxylic acids is 3. The van der Waals surface area contributed by atoms with E-state index in [1.165, 1.54) is 0 Å². The van der Waals surface area contributed by atoms with Crippen LogP contribution >= 0.6 is 0 Å². The summed E-state index contributed by atoms with van der Waals surface area (Å²) >= 11 is 0. The minimum atomic E-state index is -1.41. The summed E-state index contributed by atoms with van der Waals surface area (Å²) in [6.45, 7) is 5.95. The van der Waals surface area contributed by atoms with E-state index in [1.54, 1.807) is 12.5 Å². The van der Waals surface area contributed by atoms with Crippen LogP contribution in [0.3, 0.4) is 0 Å². The van der Waals surface area contributed by atoms with Crippen LogP contribution in [-0.2, 0) is 38.9 Å². The molecule has 0 unspecified atom stereocenters. The number of furan rings is 1. The van der Waals surface area contributed by atoms with Crippen LogP contribution < -0.4 is 0 Å². The lowest BCUT2D eigenvalue weighted by molar-refractivity contribution is -0.294. The van der Waals surface area contributed by atoms with Crippen LogP contribution in [0.1, 0.15) is 77.7 Å². The molecule has 0 radical (unpaired) electrons. The minimum absolute atomic E-state index is 0.0489. The molecule has 43 heavy (non-hydrogen) atoms. The number of rotatable bonds is 1. The Morgan fingerprint density at radius 1 is 1.05 bits per heavy atom. The van der Waals surface area contributed by atoms with Gasteiger partial charge in [0.25, 0.3) is 0 Å². The normalized spacial score (nSPS) is 53.5. The second-order valence-corrected chi connectivity index (χ2v) is 15.3. The average molecular weight is 591 g/mol. The molecule has 8 aliphatic rings. The Morgan fingerprint density at radius 3 is 2.65 bits per heavy atom. The van der Waals surface area contributed by atoms with Gasteiger partial charge in [0.2, 0.25) is 0 Å². The Morgan fingerprint density at radius 2 is 1.86 bits per heavy atom. The summed E-state index contributed by atoms with van der Waals surface area (Å²) in [6.07, 6.45) is 5.43. The minimum Gasteiger partial charge on any atom is -0.472 e. The van der Waals surface area contributed by atoms with Gasteiger partial charge in [-0.2, -0.15) is 0 Å². The number of aliphatic hydroxyl groups is 1. The molecule has 0 amide bonds. The fraction of sp³-hybridized carbons (Fsp3) is 0.735. The fourth-order valence-electron chi connectivity index (χ4n) is 12.5. The third-order valence-corrected chi connectivity index (χ3v) is 13.7. The van der Waals surface area contributed by atoms with Gasteiger partial charge in [0, 0.05) is 27.7 Å². The van der Waals surface area contributed by atoms with Crippen LogP contribution in [0, 0.1) is 51.8 Å². The zero-order valence-corrected chi connectivity index (χ0v) is 24.9. The van der Waals surface area contributed by atoms with Gasteiger partial charge in [0.15, 0.2) is 17.5 Å². The molecule has 12 atom stereocenters. The van der Waals surface area contributed by atoms with Gasteiger partial charge in [0.05, 0.1) is 43.0 Å². The van der Waals surface area contributed by atoms with Gasteiger partial charge >= 0.3 is 11.9 Å². The van der Waals surface area contributed by atoms with Crippen LogP contribution in [0.15, 0.2) is 23.0 Å². The first-order chi connectivity index (χ1) is 20.5. The summed E-state index contributed by atoms with van der Waals surface area (Å²) in [4.78, 5) is 41.8. The molecule has 3 saturated carbocycles. The molecule has 228 valence electrons. The van der Waals surface area contributed by atoms with Crippen molar-refractivity contribution in [3.8, 4) is 11.8 Å². The van der Waals surface area contributed by atoms with Gasteiger partial charge in [-0.3, -0.25) is 9.59 Å². The number of carbonyl (C=O) groups is 3. The fourth-order valence-corrected chi connectivity index (χ4v) is 12.5. The molecule has 5 heterocycles. The number of epoxide rings is 1. The topological polar surface area (TPSA) is 125 Å². The lowest BCUT2D eigenvalue weighted by Crippen LogP contribution is -2.81. The van der Waals surface area contributed by atoms with Crippen molar-refractivity contribution < 1.29 is 42.9 Å². The molecule has 1 aromatic heterocycles. The van der Waals surface area contributed by atoms with Gasteiger partial charge in [-0.05, 0) is 57.4 Å². The summed E-state index contributed by atoms with van der Waals surface area (Å²) < 4.78 is 31.4. The predicted octanol–water partition coefficient (Wildman–Crippen LogP) is 3.46. The van der Waals surface area contributed by atoms with Crippen LogP contribution in [0.4, 0.5) is 0 Å². The van der Waals surface area contributed by atoms with Crippen LogP contribution in [0.2, 0.25) is 0 Å². The van der Waals surface area contributed by atoms with Gasteiger partial charge in [-0.25, -0.2) is 4.79 Å². The van der Waals surface area contributed by atoms with Crippen LogP contribution in [-0.4, -0.2) is 58.9 Å². The number of fused-ring (bicyclic) bond motifs is 1. The standard InChI is InChI=1S/C34H38O9/c1-29(2)25-24(36)26(37)33-20-9-5-4-7-18(20)8-6-12-32(19-11-14-39-16-19)30(3,34(33)27(42-34)28(38)43-32)13-10-21(33)31(25)17-40-23(35)15-22(31)41-29/h11,14,16,18,20-22,25-27,37H,4-5,7,9-10,12-13,15,17H2,1-3H3/t18-,20-,21+,22-,25+,26+,27+,30-,31-,32-,33-,34+/m0/s1. The highest BCUT2D eigenvalue weighted by Crippen LogP contribution is 2.84. The van der Waals surface area contributed by atoms with Gasteiger partial charge in [-0.15, -0.1) is 0 Å². The summed E-state index contributed by atoms with van der Waals surface area (Å²) in [5.74, 6) is 4.66. The van der Waals surface area contributed by atoms with Crippen molar-refractivity contribution in [1.82, 2.24) is 0 Å². The number of ketones is 1. The highest BCUT2D eigenvalue weighted by Gasteiger charge is 2.94. The highest BCUT2D eigenvalue weighted by atomic mass is 16.7. The summed E-state index contributed by atoms with van der Waals surface area (Å²) in [6, 6.07) is 1.83. The third kappa shape index (κ3) is 2.63. The summed E-state index contributed by atoms with van der Waals surface area (Å²) in [5, 5.41) is 12.8. The van der Waals surface area contributed by atoms with E-state index in [0.717, 1.165) is 25.7 Å². The molecule has 4 bridgehead atoms. The second-order valence-electron chi connectivity index (χ2n) is 15.3. The number of hydrogen-bond acceptors (Lipinski definition) is 9. The van der Waals surface area contributed by atoms with Gasteiger partial charge < -0.3 is 28.5 Å². The quantitative estimate of drug-likeness (QED) is 0.297. The molecule has 0 aromatic carbocycles. The SMILES string of the molecule is CC1(C)O[C@H]2CC(=O)OC[C@@]23[C@@H]1C(=O)[C@@H](O)[C@]12[C@@H]3CC[C@]3(C)[C@@]14O[C@@H]4C(=O)O[C@]3(c1ccoc1)CC#C[C@@H]1CCCC[C@@H]12. The predicted molar refractivity (Wildman–Crippen MR) is 147 cm³/mol. The Bertz CT molecular complexity index is 1520. The number of Topliss-reactive ketones (excluding diaryl/α,β-unsaturated/α-hetero) is 1. The molecule has 4 aliphatic carbocycles. The summed E-state index contributed by atoms with van der Waals surface area (Å²) in [7, 11) is 0. The van der Waals surface area contributed by atoms with Crippen molar-refractivity contribution in [2.75, 3.05) is 6.61 Å². The van der Waals surface area contributed by atoms with Crippen molar-refractivity contribution in [2.24, 2.45) is 39.9 Å². The molecule has 9 rings (SSSR count). The van der Waals surface area contributed by atoms with Gasteiger partial charge in [0.1, 0.15) is 18.3 Å². The monoisotopic (exact) mass is 590 g/mol. The van der Waals surface area contributed by atoms with E-state index in [2.05, 4.69) is 18.8 Å². The van der Waals surface area contributed by atoms with E-state index in [0.29, 0.717) is 18.4 Å². The maximum Gasteiger partial charge on any atom is 0.339 e. The Labute approximate surface area is 250 Å². The maximum absolute atomic E-state index is 15.0. The number of cyclic esters (lactones) is 1. The molecule has 9 heteroatoms. The molecule has 7 fully saturated rings. The van der Waals surface area contributed by atoms with Crippen molar-refractivity contribution in [2.45, 2.75) is 107 Å². The first-order valence-corrected chi connectivity index (χ1v) is 16.0. The molecule has 4 aliphatic heterocycles. The van der Waals surface area contributed by atoms with E-state index < -0.39 is 63.2 Å². The van der Waals surface area contributed by atoms with Crippen LogP contribution in [0.5, 0.6) is 0 Å². The number of hydrogen-bond donors (Lipinski definition) is 1. The first-order valence-electron chi connectivity index (χ1n) is 16.0. The second kappa shape index (κ2) is 7.94. The van der Waals surface area contributed by atoms with Crippen molar-refractivity contribution in [1.29, 1.82) is 0 Å². The van der Waals surface area contributed by atoms with Crippen molar-refractivity contribution in [3.05, 3.63) is 24.2 Å². The largest absolute Gasteiger partial charge is 0.472 e. The van der Waals surface area contributed by atoms with E-state index in [4.69, 9.17) is 23.4 Å². The van der Waals surface area contributed by atoms with E-state index in [1.807, 2.05) is 19.9 Å². The zero-order valence-electron chi connectivity index (χ0n) is 24.9. The molecule has 9 nitrogen and oxygen atoms in total.